The Morgan fingerprint density at radius 2 is 1.60 bits per heavy atom. The predicted octanol–water partition coefficient (Wildman–Crippen LogP) is 4.13. The molecule has 1 aromatic heterocycles. The third kappa shape index (κ3) is 8.75. The maximum absolute atomic E-state index is 15.7. The van der Waals surface area contributed by atoms with E-state index in [1.807, 2.05) is 14.0 Å². The highest BCUT2D eigenvalue weighted by Gasteiger charge is 2.35. The Morgan fingerprint density at radius 1 is 0.938 bits per heavy atom. The van der Waals surface area contributed by atoms with E-state index in [2.05, 4.69) is 31.2 Å². The fraction of sp³-hybridized carbons (Fsp3) is 0.471. The van der Waals surface area contributed by atoms with Gasteiger partial charge in [0.2, 0.25) is 17.7 Å². The van der Waals surface area contributed by atoms with Crippen molar-refractivity contribution in [1.29, 1.82) is 0 Å². The minimum Gasteiger partial charge on any atom is -0.344 e. The van der Waals surface area contributed by atoms with Crippen molar-refractivity contribution in [2.24, 2.45) is 0 Å². The van der Waals surface area contributed by atoms with Crippen molar-refractivity contribution in [3.8, 4) is 0 Å². The molecule has 0 spiro atoms. The molecule has 0 bridgehead atoms. The van der Waals surface area contributed by atoms with E-state index >= 15 is 4.39 Å². The molecule has 3 aromatic rings. The number of hydrogen-bond acceptors (Lipinski definition) is 8. The molecule has 0 saturated carbocycles. The molecule has 1 aliphatic rings. The normalized spacial score (nSPS) is 16.0. The Kier molecular flexibility index (Phi) is 12.7. The number of benzene rings is 2. The van der Waals surface area contributed by atoms with Gasteiger partial charge in [-0.2, -0.15) is 0 Å². The van der Waals surface area contributed by atoms with Crippen LogP contribution in [0.2, 0.25) is 5.02 Å². The molecule has 4 rings (SSSR count). The van der Waals surface area contributed by atoms with Crippen molar-refractivity contribution in [3.05, 3.63) is 75.8 Å². The van der Waals surface area contributed by atoms with Crippen LogP contribution in [0.3, 0.4) is 0 Å². The number of aryl methyl sites for hydroxylation is 1. The van der Waals surface area contributed by atoms with E-state index in [0.717, 1.165) is 5.56 Å². The van der Waals surface area contributed by atoms with Crippen molar-refractivity contribution in [2.45, 2.75) is 70.9 Å². The van der Waals surface area contributed by atoms with Gasteiger partial charge in [-0.25, -0.2) is 9.02 Å². The lowest BCUT2D eigenvalue weighted by molar-refractivity contribution is -0.138. The fourth-order valence-corrected chi connectivity index (χ4v) is 5.89. The molecule has 4 amide bonds. The highest BCUT2D eigenvalue weighted by molar-refractivity contribution is 6.30. The zero-order valence-electron chi connectivity index (χ0n) is 27.9. The molecule has 2 aromatic carbocycles. The number of anilines is 1. The molecule has 1 aliphatic heterocycles. The van der Waals surface area contributed by atoms with Crippen LogP contribution in [0.25, 0.3) is 0 Å². The number of carbonyl (C=O) groups excluding carboxylic acids is 4. The lowest BCUT2D eigenvalue weighted by Crippen LogP contribution is -2.55. The van der Waals surface area contributed by atoms with E-state index in [4.69, 9.17) is 16.2 Å². The molecule has 258 valence electrons. The Labute approximate surface area is 284 Å². The van der Waals surface area contributed by atoms with Crippen LogP contribution < -0.4 is 16.0 Å². The molecule has 0 radical (unpaired) electrons. The zero-order valence-corrected chi connectivity index (χ0v) is 28.6. The van der Waals surface area contributed by atoms with Crippen LogP contribution in [-0.4, -0.2) is 89.1 Å². The Hall–Kier alpha value is -4.36. The van der Waals surface area contributed by atoms with Crippen LogP contribution in [0.5, 0.6) is 0 Å². The first-order valence-corrected chi connectivity index (χ1v) is 16.6. The fourth-order valence-electron chi connectivity index (χ4n) is 5.76. The molecule has 1 saturated heterocycles. The second-order valence-corrected chi connectivity index (χ2v) is 12.4. The molecule has 48 heavy (non-hydrogen) atoms. The predicted molar refractivity (Wildman–Crippen MR) is 179 cm³/mol. The van der Waals surface area contributed by atoms with E-state index in [1.165, 1.54) is 12.1 Å². The topological polar surface area (TPSA) is 150 Å². The van der Waals surface area contributed by atoms with Crippen LogP contribution in [0, 0.1) is 5.82 Å². The summed E-state index contributed by atoms with van der Waals surface area (Å²) in [6, 6.07) is 9.16. The summed E-state index contributed by atoms with van der Waals surface area (Å²) < 4.78 is 20.5. The smallest absolute Gasteiger partial charge is 0.276 e. The largest absolute Gasteiger partial charge is 0.344 e. The summed E-state index contributed by atoms with van der Waals surface area (Å²) in [6.07, 6.45) is 1.03. The second kappa shape index (κ2) is 16.6. The number of nitrogens with zero attached hydrogens (tertiary/aromatic N) is 4. The summed E-state index contributed by atoms with van der Waals surface area (Å²) in [5.74, 6) is -3.65. The van der Waals surface area contributed by atoms with E-state index in [0.29, 0.717) is 55.3 Å². The molecule has 0 aliphatic carbocycles. The van der Waals surface area contributed by atoms with Crippen molar-refractivity contribution in [2.75, 3.05) is 38.5 Å². The summed E-state index contributed by atoms with van der Waals surface area (Å²) >= 11 is 6.10. The Balaban J connectivity index is 1.59. The minimum absolute atomic E-state index is 0.0402. The second-order valence-electron chi connectivity index (χ2n) is 12.0. The van der Waals surface area contributed by atoms with Crippen LogP contribution in [0.1, 0.15) is 79.7 Å². The summed E-state index contributed by atoms with van der Waals surface area (Å²) in [5.41, 5.74) is 1.39. The highest BCUT2D eigenvalue weighted by Crippen LogP contribution is 2.29. The van der Waals surface area contributed by atoms with E-state index in [9.17, 15) is 19.2 Å². The molecule has 2 heterocycles. The van der Waals surface area contributed by atoms with E-state index < -0.39 is 41.6 Å². The number of halogens is 2. The first-order chi connectivity index (χ1) is 23.0. The van der Waals surface area contributed by atoms with Gasteiger partial charge in [-0.3, -0.25) is 19.2 Å². The Bertz CT molecular complexity index is 1590. The Morgan fingerprint density at radius 3 is 2.21 bits per heavy atom. The maximum Gasteiger partial charge on any atom is 0.276 e. The standard InChI is InChI=1S/C34H43ClFN7O5/c1-6-24(21-9-12-23(35)13-10-21)30(39-33(46)31-26(7-2)40-48-41-31)32(45)37-27-14-11-22(19-25(27)36)20(4)29(38-28(44)8-3)34(47)43-17-15-42(5)16-18-43/h9-14,19-20,24,29-30H,6-8,15-18H2,1-5H3,(H,37,45)(H,38,44)(H,39,46)/t20-,24?,29+,30?/m0/s1. The van der Waals surface area contributed by atoms with Gasteiger partial charge < -0.3 is 25.8 Å². The SMILES string of the molecule is CCC(=O)N[C@@H](C(=O)N1CCN(C)CC1)[C@@H](C)c1ccc(NC(=O)C(NC(=O)c2nonc2CC)C(CC)c2ccc(Cl)cc2)c(F)c1. The molecule has 2 unspecified atom stereocenters. The van der Waals surface area contributed by atoms with Gasteiger partial charge in [0.25, 0.3) is 5.91 Å². The van der Waals surface area contributed by atoms with Gasteiger partial charge in [0.15, 0.2) is 5.69 Å². The number of amides is 4. The van der Waals surface area contributed by atoms with Crippen molar-refractivity contribution >= 4 is 40.9 Å². The third-order valence-corrected chi connectivity index (χ3v) is 9.06. The number of rotatable bonds is 13. The monoisotopic (exact) mass is 683 g/mol. The van der Waals surface area contributed by atoms with Gasteiger partial charge in [-0.15, -0.1) is 0 Å². The average molecular weight is 684 g/mol. The zero-order chi connectivity index (χ0) is 35.0. The minimum atomic E-state index is -1.14. The van der Waals surface area contributed by atoms with Crippen molar-refractivity contribution < 1.29 is 28.2 Å². The van der Waals surface area contributed by atoms with Gasteiger partial charge in [-0.05, 0) is 60.4 Å². The summed E-state index contributed by atoms with van der Waals surface area (Å²) in [5, 5.41) is 16.2. The number of carbonyl (C=O) groups is 4. The van der Waals surface area contributed by atoms with Crippen molar-refractivity contribution in [1.82, 2.24) is 30.7 Å². The molecule has 3 N–H and O–H groups in total. The van der Waals surface area contributed by atoms with Crippen LogP contribution in [0.15, 0.2) is 47.1 Å². The van der Waals surface area contributed by atoms with Crippen LogP contribution in [0.4, 0.5) is 10.1 Å². The van der Waals surface area contributed by atoms with Crippen molar-refractivity contribution in [3.63, 3.8) is 0 Å². The van der Waals surface area contributed by atoms with Gasteiger partial charge in [-0.1, -0.05) is 62.7 Å². The van der Waals surface area contributed by atoms with Gasteiger partial charge in [0.05, 0.1) is 5.69 Å². The molecular weight excluding hydrogens is 641 g/mol. The lowest BCUT2D eigenvalue weighted by Gasteiger charge is -2.36. The average Bonchev–Trinajstić information content (AvgIpc) is 3.57. The van der Waals surface area contributed by atoms with Gasteiger partial charge in [0, 0.05) is 49.5 Å². The number of likely N-dealkylation sites (N-methyl/N-ethyl adjacent to an activating group) is 1. The van der Waals surface area contributed by atoms with E-state index in [-0.39, 0.29) is 29.6 Å². The number of hydrogen-bond donors (Lipinski definition) is 3. The summed E-state index contributed by atoms with van der Waals surface area (Å²) in [6.45, 7) is 9.60. The molecule has 1 fully saturated rings. The number of nitrogens with one attached hydrogen (secondary N) is 3. The molecule has 14 heteroatoms. The summed E-state index contributed by atoms with van der Waals surface area (Å²) in [7, 11) is 1.98. The third-order valence-electron chi connectivity index (χ3n) is 8.81. The quantitative estimate of drug-likeness (QED) is 0.244. The summed E-state index contributed by atoms with van der Waals surface area (Å²) in [4.78, 5) is 57.0. The lowest BCUT2D eigenvalue weighted by atomic mass is 9.88. The molecule has 12 nitrogen and oxygen atoms in total. The highest BCUT2D eigenvalue weighted by atomic mass is 35.5. The van der Waals surface area contributed by atoms with E-state index in [1.54, 1.807) is 56.0 Å². The maximum atomic E-state index is 15.7. The first kappa shape index (κ1) is 36.5. The van der Waals surface area contributed by atoms with Gasteiger partial charge in [0.1, 0.15) is 23.6 Å². The first-order valence-electron chi connectivity index (χ1n) is 16.2. The molecular formula is C34H43ClFN7O5. The van der Waals surface area contributed by atoms with Crippen LogP contribution in [-0.2, 0) is 20.8 Å². The number of piperazine rings is 1. The number of aromatic nitrogens is 2. The van der Waals surface area contributed by atoms with Gasteiger partial charge >= 0.3 is 0 Å². The molecule has 4 atom stereocenters. The van der Waals surface area contributed by atoms with Crippen LogP contribution >= 0.6 is 11.6 Å².